The summed E-state index contributed by atoms with van der Waals surface area (Å²) in [7, 11) is 0. The summed E-state index contributed by atoms with van der Waals surface area (Å²) >= 11 is 0. The van der Waals surface area contributed by atoms with E-state index in [1.807, 2.05) is 12.1 Å². The number of benzene rings is 1. The van der Waals surface area contributed by atoms with Gasteiger partial charge >= 0.3 is 0 Å². The van der Waals surface area contributed by atoms with Crippen molar-refractivity contribution in [2.45, 2.75) is 12.8 Å². The van der Waals surface area contributed by atoms with Crippen molar-refractivity contribution < 1.29 is 4.79 Å². The average Bonchev–Trinajstić information content (AvgIpc) is 2.84. The Morgan fingerprint density at radius 2 is 2.16 bits per heavy atom. The van der Waals surface area contributed by atoms with Gasteiger partial charge in [0.15, 0.2) is 0 Å². The molecule has 0 aliphatic heterocycles. The molecule has 0 saturated heterocycles. The van der Waals surface area contributed by atoms with Gasteiger partial charge in [-0.25, -0.2) is 5.84 Å². The van der Waals surface area contributed by atoms with Gasteiger partial charge in [-0.05, 0) is 36.6 Å². The van der Waals surface area contributed by atoms with Crippen LogP contribution < -0.4 is 22.5 Å². The summed E-state index contributed by atoms with van der Waals surface area (Å²) < 4.78 is 0. The molecule has 98 valence electrons. The minimum atomic E-state index is -0.291. The number of nitrogens with one attached hydrogen (secondary N) is 3. The molecule has 1 aromatic carbocycles. The highest BCUT2D eigenvalue weighted by Gasteiger charge is 2.18. The Morgan fingerprint density at radius 1 is 1.32 bits per heavy atom. The van der Waals surface area contributed by atoms with Crippen LogP contribution in [0.5, 0.6) is 0 Å². The quantitative estimate of drug-likeness (QED) is 0.307. The molecule has 0 bridgehead atoms. The molecule has 0 fully saturated rings. The molecule has 6 heteroatoms. The highest BCUT2D eigenvalue weighted by Crippen LogP contribution is 2.31. The maximum Gasteiger partial charge on any atom is 0.265 e. The Labute approximate surface area is 109 Å². The van der Waals surface area contributed by atoms with Crippen LogP contribution in [0.4, 0.5) is 0 Å². The first kappa shape index (κ1) is 11.8. The van der Waals surface area contributed by atoms with Gasteiger partial charge in [0.1, 0.15) is 0 Å². The van der Waals surface area contributed by atoms with Crippen LogP contribution in [0.2, 0.25) is 0 Å². The highest BCUT2D eigenvalue weighted by atomic mass is 16.2. The van der Waals surface area contributed by atoms with Crippen molar-refractivity contribution in [3.63, 3.8) is 0 Å². The third-order valence-electron chi connectivity index (χ3n) is 3.47. The predicted octanol–water partition coefficient (Wildman–Crippen LogP) is 0.522. The van der Waals surface area contributed by atoms with Crippen LogP contribution in [0.15, 0.2) is 24.3 Å². The van der Waals surface area contributed by atoms with Crippen LogP contribution in [0.1, 0.15) is 28.0 Å². The largest absolute Gasteiger partial charge is 0.353 e. The smallest absolute Gasteiger partial charge is 0.265 e. The molecule has 19 heavy (non-hydrogen) atoms. The minimum Gasteiger partial charge on any atom is -0.353 e. The van der Waals surface area contributed by atoms with Gasteiger partial charge < -0.3 is 10.4 Å². The summed E-state index contributed by atoms with van der Waals surface area (Å²) in [5, 5.41) is 1.04. The lowest BCUT2D eigenvalue weighted by molar-refractivity contribution is 0.0954. The van der Waals surface area contributed by atoms with Crippen molar-refractivity contribution in [2.75, 3.05) is 0 Å². The molecule has 1 amide bonds. The Morgan fingerprint density at radius 3 is 2.89 bits per heavy atom. The second-order valence-electron chi connectivity index (χ2n) is 4.51. The highest BCUT2D eigenvalue weighted by molar-refractivity contribution is 5.99. The molecule has 0 radical (unpaired) electrons. The zero-order valence-electron chi connectivity index (χ0n) is 10.3. The summed E-state index contributed by atoms with van der Waals surface area (Å²) in [6.07, 6.45) is 3.91. The first-order valence-corrected chi connectivity index (χ1v) is 6.07. The van der Waals surface area contributed by atoms with Gasteiger partial charge in [0.25, 0.3) is 5.91 Å². The second-order valence-corrected chi connectivity index (χ2v) is 4.51. The van der Waals surface area contributed by atoms with Crippen molar-refractivity contribution in [2.24, 2.45) is 11.7 Å². The molecule has 1 aliphatic carbocycles. The maximum absolute atomic E-state index is 11.6. The molecule has 1 heterocycles. The monoisotopic (exact) mass is 257 g/mol. The van der Waals surface area contributed by atoms with Gasteiger partial charge in [0, 0.05) is 16.5 Å². The molecule has 0 spiro atoms. The number of carbonyl (C=O) groups is 1. The fourth-order valence-corrected chi connectivity index (χ4v) is 2.56. The first-order chi connectivity index (χ1) is 9.24. The SMILES string of the molecule is NNC(=O)c1ccc2[nH]c3c(c2c1)CCC=C3NN. The van der Waals surface area contributed by atoms with E-state index in [0.29, 0.717) is 5.56 Å². The van der Waals surface area contributed by atoms with Crippen molar-refractivity contribution >= 4 is 22.5 Å². The number of hydrogen-bond donors (Lipinski definition) is 5. The standard InChI is InChI=1S/C13H15N5O/c14-17-11-3-1-2-8-9-6-7(13(19)18-15)4-5-10(9)16-12(8)11/h3-6,16-17H,1-2,14-15H2,(H,18,19). The van der Waals surface area contributed by atoms with Gasteiger partial charge in [-0.3, -0.25) is 16.1 Å². The number of rotatable bonds is 2. The summed E-state index contributed by atoms with van der Waals surface area (Å²) in [6.45, 7) is 0. The van der Waals surface area contributed by atoms with Gasteiger partial charge in [-0.1, -0.05) is 6.08 Å². The molecule has 1 aromatic heterocycles. The zero-order valence-corrected chi connectivity index (χ0v) is 10.3. The number of aromatic amines is 1. The van der Waals surface area contributed by atoms with E-state index in [1.165, 1.54) is 5.56 Å². The third-order valence-corrected chi connectivity index (χ3v) is 3.47. The fraction of sp³-hybridized carbons (Fsp3) is 0.154. The molecule has 0 atom stereocenters. The molecule has 0 unspecified atom stereocenters. The van der Waals surface area contributed by atoms with Crippen molar-refractivity contribution in [1.29, 1.82) is 0 Å². The van der Waals surface area contributed by atoms with Crippen molar-refractivity contribution in [3.8, 4) is 0 Å². The third kappa shape index (κ3) is 1.78. The van der Waals surface area contributed by atoms with E-state index in [1.54, 1.807) is 6.07 Å². The molecule has 3 rings (SSSR count). The molecule has 0 saturated carbocycles. The number of hydrogen-bond acceptors (Lipinski definition) is 4. The maximum atomic E-state index is 11.6. The van der Waals surface area contributed by atoms with E-state index >= 15 is 0 Å². The van der Waals surface area contributed by atoms with Crippen LogP contribution >= 0.6 is 0 Å². The van der Waals surface area contributed by atoms with Crippen LogP contribution in [0.25, 0.3) is 16.6 Å². The van der Waals surface area contributed by atoms with Crippen molar-refractivity contribution in [1.82, 2.24) is 15.8 Å². The molecule has 2 aromatic rings. The summed E-state index contributed by atoms with van der Waals surface area (Å²) in [6, 6.07) is 5.48. The van der Waals surface area contributed by atoms with Crippen LogP contribution in [0.3, 0.4) is 0 Å². The minimum absolute atomic E-state index is 0.291. The van der Waals surface area contributed by atoms with Crippen LogP contribution in [0, 0.1) is 0 Å². The summed E-state index contributed by atoms with van der Waals surface area (Å²) in [5.74, 6) is 10.4. The number of nitrogens with two attached hydrogens (primary N) is 2. The number of aryl methyl sites for hydroxylation is 1. The molecular weight excluding hydrogens is 242 g/mol. The van der Waals surface area contributed by atoms with Crippen LogP contribution in [-0.2, 0) is 6.42 Å². The average molecular weight is 257 g/mol. The Bertz CT molecular complexity index is 686. The predicted molar refractivity (Wildman–Crippen MR) is 73.6 cm³/mol. The Hall–Kier alpha value is -2.31. The zero-order chi connectivity index (χ0) is 13.4. The molecule has 1 aliphatic rings. The normalized spacial score (nSPS) is 13.9. The first-order valence-electron chi connectivity index (χ1n) is 6.07. The van der Waals surface area contributed by atoms with Gasteiger partial charge in [-0.2, -0.15) is 0 Å². The topological polar surface area (TPSA) is 109 Å². The number of fused-ring (bicyclic) bond motifs is 3. The van der Waals surface area contributed by atoms with E-state index in [-0.39, 0.29) is 5.91 Å². The lowest BCUT2D eigenvalue weighted by Crippen LogP contribution is -2.29. The van der Waals surface area contributed by atoms with E-state index in [4.69, 9.17) is 11.7 Å². The lowest BCUT2D eigenvalue weighted by Gasteiger charge is -2.13. The summed E-state index contributed by atoms with van der Waals surface area (Å²) in [4.78, 5) is 14.9. The van der Waals surface area contributed by atoms with Crippen molar-refractivity contribution in [3.05, 3.63) is 41.1 Å². The number of aromatic nitrogens is 1. The second kappa shape index (κ2) is 4.42. The Balaban J connectivity index is 2.19. The van der Waals surface area contributed by atoms with Gasteiger partial charge in [0.2, 0.25) is 0 Å². The number of H-pyrrole nitrogens is 1. The van der Waals surface area contributed by atoms with E-state index < -0.39 is 0 Å². The number of nitrogen functional groups attached to an aromatic ring is 1. The Kier molecular flexibility index (Phi) is 2.73. The molecule has 6 nitrogen and oxygen atoms in total. The number of carbonyl (C=O) groups excluding carboxylic acids is 1. The van der Waals surface area contributed by atoms with E-state index in [9.17, 15) is 4.79 Å². The molecule has 7 N–H and O–H groups in total. The number of allylic oxidation sites excluding steroid dienone is 1. The van der Waals surface area contributed by atoms with Crippen LogP contribution in [-0.4, -0.2) is 10.9 Å². The lowest BCUT2D eigenvalue weighted by atomic mass is 9.98. The fourth-order valence-electron chi connectivity index (χ4n) is 2.56. The van der Waals surface area contributed by atoms with E-state index in [2.05, 4.69) is 21.9 Å². The number of hydrazine groups is 2. The summed E-state index contributed by atoms with van der Waals surface area (Å²) in [5.41, 5.74) is 9.45. The van der Waals surface area contributed by atoms with Gasteiger partial charge in [0.05, 0.1) is 11.4 Å². The van der Waals surface area contributed by atoms with Gasteiger partial charge in [-0.15, -0.1) is 0 Å². The number of amides is 1. The molecular formula is C13H15N5O. The van der Waals surface area contributed by atoms with E-state index in [0.717, 1.165) is 35.1 Å².